The van der Waals surface area contributed by atoms with Gasteiger partial charge in [0.25, 0.3) is 5.91 Å². The number of halogens is 1. The molecule has 16 heavy (non-hydrogen) atoms. The summed E-state index contributed by atoms with van der Waals surface area (Å²) in [6.07, 6.45) is 3.78. The van der Waals surface area contributed by atoms with Crippen molar-refractivity contribution < 1.29 is 13.6 Å². The Kier molecular flexibility index (Phi) is 2.68. The number of aryl methyl sites for hydroxylation is 1. The summed E-state index contributed by atoms with van der Waals surface area (Å²) in [6, 6.07) is 2.79. The average Bonchev–Trinajstić information content (AvgIpc) is 2.65. The van der Waals surface area contributed by atoms with E-state index in [4.69, 9.17) is 4.42 Å². The number of furan rings is 1. The smallest absolute Gasteiger partial charge is 0.258 e. The van der Waals surface area contributed by atoms with Crippen molar-refractivity contribution in [3.8, 4) is 0 Å². The number of pyridine rings is 1. The SMILES string of the molecule is Cc1cc(C(=O)Nc2cncc(F)c2)co1. The summed E-state index contributed by atoms with van der Waals surface area (Å²) in [5.41, 5.74) is 0.700. The molecule has 0 saturated heterocycles. The fourth-order valence-corrected chi connectivity index (χ4v) is 1.25. The highest BCUT2D eigenvalue weighted by molar-refractivity contribution is 6.04. The Morgan fingerprint density at radius 3 is 2.88 bits per heavy atom. The predicted molar refractivity (Wildman–Crippen MR) is 55.6 cm³/mol. The molecule has 4 nitrogen and oxygen atoms in total. The van der Waals surface area contributed by atoms with Gasteiger partial charge < -0.3 is 9.73 Å². The normalized spacial score (nSPS) is 10.1. The highest BCUT2D eigenvalue weighted by Gasteiger charge is 2.09. The van der Waals surface area contributed by atoms with Crippen molar-refractivity contribution >= 4 is 11.6 Å². The molecule has 2 aromatic rings. The van der Waals surface area contributed by atoms with Crippen LogP contribution >= 0.6 is 0 Å². The van der Waals surface area contributed by atoms with Crippen LogP contribution in [0.5, 0.6) is 0 Å². The van der Waals surface area contributed by atoms with Crippen molar-refractivity contribution in [3.05, 3.63) is 47.9 Å². The third-order valence-electron chi connectivity index (χ3n) is 1.96. The summed E-state index contributed by atoms with van der Waals surface area (Å²) in [7, 11) is 0. The second kappa shape index (κ2) is 4.14. The number of anilines is 1. The average molecular weight is 220 g/mol. The predicted octanol–water partition coefficient (Wildman–Crippen LogP) is 2.37. The molecule has 0 radical (unpaired) electrons. The van der Waals surface area contributed by atoms with Crippen molar-refractivity contribution in [1.29, 1.82) is 0 Å². The highest BCUT2D eigenvalue weighted by Crippen LogP contribution is 2.11. The van der Waals surface area contributed by atoms with Crippen molar-refractivity contribution in [2.75, 3.05) is 5.32 Å². The van der Waals surface area contributed by atoms with Gasteiger partial charge in [0, 0.05) is 6.07 Å². The molecular weight excluding hydrogens is 211 g/mol. The Morgan fingerprint density at radius 1 is 1.44 bits per heavy atom. The Hall–Kier alpha value is -2.17. The fraction of sp³-hybridized carbons (Fsp3) is 0.0909. The Labute approximate surface area is 91.1 Å². The van der Waals surface area contributed by atoms with Gasteiger partial charge in [-0.05, 0) is 13.0 Å². The van der Waals surface area contributed by atoms with E-state index in [0.29, 0.717) is 17.0 Å². The van der Waals surface area contributed by atoms with Crippen LogP contribution < -0.4 is 5.32 Å². The van der Waals surface area contributed by atoms with E-state index in [1.54, 1.807) is 13.0 Å². The van der Waals surface area contributed by atoms with E-state index in [0.717, 1.165) is 6.20 Å². The minimum atomic E-state index is -0.499. The summed E-state index contributed by atoms with van der Waals surface area (Å²) in [4.78, 5) is 15.2. The van der Waals surface area contributed by atoms with Gasteiger partial charge >= 0.3 is 0 Å². The molecule has 0 bridgehead atoms. The van der Waals surface area contributed by atoms with Crippen LogP contribution in [-0.4, -0.2) is 10.9 Å². The molecule has 2 aromatic heterocycles. The molecule has 0 spiro atoms. The van der Waals surface area contributed by atoms with Gasteiger partial charge in [0.1, 0.15) is 17.8 Å². The van der Waals surface area contributed by atoms with Gasteiger partial charge in [0.15, 0.2) is 0 Å². The van der Waals surface area contributed by atoms with Crippen molar-refractivity contribution in [3.63, 3.8) is 0 Å². The molecule has 2 rings (SSSR count). The number of carbonyl (C=O) groups is 1. The lowest BCUT2D eigenvalue weighted by molar-refractivity contribution is 0.102. The van der Waals surface area contributed by atoms with Gasteiger partial charge in [0.2, 0.25) is 0 Å². The third-order valence-corrected chi connectivity index (χ3v) is 1.96. The largest absolute Gasteiger partial charge is 0.469 e. The number of aromatic nitrogens is 1. The van der Waals surface area contributed by atoms with Gasteiger partial charge in [-0.15, -0.1) is 0 Å². The molecule has 0 unspecified atom stereocenters. The van der Waals surface area contributed by atoms with E-state index in [9.17, 15) is 9.18 Å². The second-order valence-electron chi connectivity index (χ2n) is 3.29. The first kappa shape index (κ1) is 10.4. The number of carbonyl (C=O) groups excluding carboxylic acids is 1. The minimum Gasteiger partial charge on any atom is -0.469 e. The molecule has 0 fully saturated rings. The zero-order valence-electron chi connectivity index (χ0n) is 8.53. The van der Waals surface area contributed by atoms with E-state index < -0.39 is 5.82 Å². The Morgan fingerprint density at radius 2 is 2.25 bits per heavy atom. The van der Waals surface area contributed by atoms with Crippen molar-refractivity contribution in [2.45, 2.75) is 6.92 Å². The van der Waals surface area contributed by atoms with Crippen molar-refractivity contribution in [2.24, 2.45) is 0 Å². The zero-order valence-corrected chi connectivity index (χ0v) is 8.53. The Balaban J connectivity index is 2.13. The summed E-state index contributed by atoms with van der Waals surface area (Å²) in [5.74, 6) is -0.215. The number of nitrogens with zero attached hydrogens (tertiary/aromatic N) is 1. The van der Waals surface area contributed by atoms with E-state index in [-0.39, 0.29) is 5.91 Å². The lowest BCUT2D eigenvalue weighted by atomic mass is 10.3. The van der Waals surface area contributed by atoms with E-state index in [1.807, 2.05) is 0 Å². The van der Waals surface area contributed by atoms with Gasteiger partial charge in [-0.2, -0.15) is 0 Å². The van der Waals surface area contributed by atoms with Gasteiger partial charge in [-0.25, -0.2) is 4.39 Å². The molecule has 0 atom stereocenters. The molecule has 2 heterocycles. The summed E-state index contributed by atoms with van der Waals surface area (Å²) in [5, 5.41) is 2.51. The number of amides is 1. The molecule has 0 aromatic carbocycles. The first-order chi connectivity index (χ1) is 7.65. The topological polar surface area (TPSA) is 55.1 Å². The van der Waals surface area contributed by atoms with Crippen LogP contribution in [0.3, 0.4) is 0 Å². The molecule has 0 saturated carbocycles. The number of hydrogen-bond donors (Lipinski definition) is 1. The first-order valence-corrected chi connectivity index (χ1v) is 4.62. The van der Waals surface area contributed by atoms with E-state index >= 15 is 0 Å². The molecule has 0 aliphatic heterocycles. The number of hydrogen-bond acceptors (Lipinski definition) is 3. The van der Waals surface area contributed by atoms with Crippen molar-refractivity contribution in [1.82, 2.24) is 4.98 Å². The van der Waals surface area contributed by atoms with Crippen LogP contribution in [0.25, 0.3) is 0 Å². The highest BCUT2D eigenvalue weighted by atomic mass is 19.1. The van der Waals surface area contributed by atoms with Gasteiger partial charge in [0.05, 0.1) is 23.6 Å². The maximum Gasteiger partial charge on any atom is 0.258 e. The molecule has 5 heteroatoms. The lowest BCUT2D eigenvalue weighted by Crippen LogP contribution is -2.11. The first-order valence-electron chi connectivity index (χ1n) is 4.62. The van der Waals surface area contributed by atoms with Crippen LogP contribution in [0.15, 0.2) is 35.2 Å². The van der Waals surface area contributed by atoms with E-state index in [2.05, 4.69) is 10.3 Å². The Bertz CT molecular complexity index is 522. The fourth-order valence-electron chi connectivity index (χ4n) is 1.25. The lowest BCUT2D eigenvalue weighted by Gasteiger charge is -2.01. The molecule has 82 valence electrons. The molecule has 1 amide bonds. The van der Waals surface area contributed by atoms with Crippen LogP contribution in [0.2, 0.25) is 0 Å². The maximum atomic E-state index is 12.8. The van der Waals surface area contributed by atoms with Crippen LogP contribution in [0.1, 0.15) is 16.1 Å². The summed E-state index contributed by atoms with van der Waals surface area (Å²) in [6.45, 7) is 1.74. The maximum absolute atomic E-state index is 12.8. The molecular formula is C11H9FN2O2. The number of rotatable bonds is 2. The van der Waals surface area contributed by atoms with Crippen LogP contribution in [0, 0.1) is 12.7 Å². The standard InChI is InChI=1S/C11H9FN2O2/c1-7-2-8(6-16-7)11(15)14-10-3-9(12)4-13-5-10/h2-6H,1H3,(H,14,15). The molecule has 1 N–H and O–H groups in total. The summed E-state index contributed by atoms with van der Waals surface area (Å²) >= 11 is 0. The van der Waals surface area contributed by atoms with Gasteiger partial charge in [-0.3, -0.25) is 9.78 Å². The third kappa shape index (κ3) is 2.25. The quantitative estimate of drug-likeness (QED) is 0.845. The second-order valence-corrected chi connectivity index (χ2v) is 3.29. The minimum absolute atomic E-state index is 0.309. The van der Waals surface area contributed by atoms with Crippen LogP contribution in [-0.2, 0) is 0 Å². The number of nitrogens with one attached hydrogen (secondary N) is 1. The van der Waals surface area contributed by atoms with Crippen LogP contribution in [0.4, 0.5) is 10.1 Å². The van der Waals surface area contributed by atoms with Gasteiger partial charge in [-0.1, -0.05) is 0 Å². The van der Waals surface area contributed by atoms with E-state index in [1.165, 1.54) is 18.5 Å². The zero-order chi connectivity index (χ0) is 11.5. The molecule has 0 aliphatic carbocycles. The summed E-state index contributed by atoms with van der Waals surface area (Å²) < 4.78 is 17.8. The monoisotopic (exact) mass is 220 g/mol. The molecule has 0 aliphatic rings.